The van der Waals surface area contributed by atoms with Crippen LogP contribution in [0.4, 0.5) is 5.69 Å². The van der Waals surface area contributed by atoms with Crippen molar-refractivity contribution in [1.29, 1.82) is 5.26 Å². The van der Waals surface area contributed by atoms with Gasteiger partial charge in [-0.25, -0.2) is 0 Å². The second-order valence-electron chi connectivity index (χ2n) is 5.31. The zero-order valence-corrected chi connectivity index (χ0v) is 11.6. The van der Waals surface area contributed by atoms with Gasteiger partial charge < -0.3 is 14.8 Å². The highest BCUT2D eigenvalue weighted by atomic mass is 16.1. The van der Waals surface area contributed by atoms with Crippen molar-refractivity contribution in [3.8, 4) is 6.07 Å². The number of benzene rings is 1. The van der Waals surface area contributed by atoms with E-state index >= 15 is 0 Å². The highest BCUT2D eigenvalue weighted by Crippen LogP contribution is 2.26. The van der Waals surface area contributed by atoms with Crippen LogP contribution in [0.15, 0.2) is 29.1 Å². The molecule has 0 amide bonds. The summed E-state index contributed by atoms with van der Waals surface area (Å²) < 4.78 is 1.53. The van der Waals surface area contributed by atoms with Crippen molar-refractivity contribution in [1.82, 2.24) is 9.47 Å². The van der Waals surface area contributed by atoms with E-state index in [1.54, 1.807) is 7.05 Å². The molecule has 0 atom stereocenters. The number of nitrogens with zero attached hydrogens (tertiary/aromatic N) is 3. The number of anilines is 1. The number of likely N-dealkylation sites (tertiary alicyclic amines) is 1. The van der Waals surface area contributed by atoms with Crippen molar-refractivity contribution in [3.05, 3.63) is 40.2 Å². The average molecular weight is 268 g/mol. The lowest BCUT2D eigenvalue weighted by Gasteiger charge is -2.37. The molecule has 1 aliphatic rings. The van der Waals surface area contributed by atoms with E-state index in [9.17, 15) is 10.1 Å². The maximum atomic E-state index is 12.3. The minimum absolute atomic E-state index is 0.195. The van der Waals surface area contributed by atoms with Gasteiger partial charge >= 0.3 is 0 Å². The number of hydrogen-bond donors (Lipinski definition) is 1. The van der Waals surface area contributed by atoms with Gasteiger partial charge in [0.2, 0.25) is 0 Å². The molecule has 5 nitrogen and oxygen atoms in total. The highest BCUT2D eigenvalue weighted by Gasteiger charge is 2.25. The third kappa shape index (κ3) is 1.86. The second-order valence-corrected chi connectivity index (χ2v) is 5.31. The van der Waals surface area contributed by atoms with Crippen LogP contribution in [0.3, 0.4) is 0 Å². The van der Waals surface area contributed by atoms with Gasteiger partial charge in [-0.2, -0.15) is 5.26 Å². The van der Waals surface area contributed by atoms with Crippen LogP contribution in [0.1, 0.15) is 5.56 Å². The van der Waals surface area contributed by atoms with Crippen molar-refractivity contribution < 1.29 is 0 Å². The van der Waals surface area contributed by atoms with Crippen LogP contribution in [-0.2, 0) is 7.05 Å². The fraction of sp³-hybridized carbons (Fsp3) is 0.333. The molecule has 0 saturated carbocycles. The van der Waals surface area contributed by atoms with Crippen molar-refractivity contribution in [2.75, 3.05) is 25.5 Å². The van der Waals surface area contributed by atoms with Gasteiger partial charge in [-0.1, -0.05) is 18.2 Å². The predicted molar refractivity (Wildman–Crippen MR) is 78.8 cm³/mol. The molecule has 0 aliphatic carbocycles. The van der Waals surface area contributed by atoms with Crippen LogP contribution < -0.4 is 10.9 Å². The zero-order valence-electron chi connectivity index (χ0n) is 11.6. The predicted octanol–water partition coefficient (Wildman–Crippen LogP) is 1.14. The van der Waals surface area contributed by atoms with Gasteiger partial charge in [-0.05, 0) is 13.1 Å². The van der Waals surface area contributed by atoms with E-state index in [4.69, 9.17) is 0 Å². The minimum Gasteiger partial charge on any atom is -0.378 e. The topological polar surface area (TPSA) is 61.1 Å². The molecule has 1 saturated heterocycles. The third-order valence-corrected chi connectivity index (χ3v) is 3.83. The number of fused-ring (bicyclic) bond motifs is 1. The molecule has 0 unspecified atom stereocenters. The maximum absolute atomic E-state index is 12.3. The van der Waals surface area contributed by atoms with Crippen molar-refractivity contribution >= 4 is 16.6 Å². The van der Waals surface area contributed by atoms with E-state index in [2.05, 4.69) is 16.3 Å². The molecule has 20 heavy (non-hydrogen) atoms. The van der Waals surface area contributed by atoms with Crippen molar-refractivity contribution in [2.24, 2.45) is 7.05 Å². The standard InChI is InChI=1S/C15H16N4O/c1-18-8-10(9-18)17-14-11-5-3-4-6-13(11)19(2)15(20)12(14)7-16/h3-6,10,17H,8-9H2,1-2H3. The second kappa shape index (κ2) is 4.66. The summed E-state index contributed by atoms with van der Waals surface area (Å²) in [5.74, 6) is 0. The normalized spacial score (nSPS) is 15.8. The summed E-state index contributed by atoms with van der Waals surface area (Å²) in [7, 11) is 3.75. The summed E-state index contributed by atoms with van der Waals surface area (Å²) in [5, 5.41) is 13.6. The van der Waals surface area contributed by atoms with Gasteiger partial charge in [0, 0.05) is 25.5 Å². The summed E-state index contributed by atoms with van der Waals surface area (Å²) >= 11 is 0. The lowest BCUT2D eigenvalue weighted by Crippen LogP contribution is -2.52. The van der Waals surface area contributed by atoms with Crippen LogP contribution in [-0.4, -0.2) is 35.6 Å². The SMILES string of the molecule is CN1CC(Nc2c(C#N)c(=O)n(C)c3ccccc23)C1. The van der Waals surface area contributed by atoms with Gasteiger partial charge in [-0.15, -0.1) is 0 Å². The van der Waals surface area contributed by atoms with Crippen LogP contribution in [0, 0.1) is 11.3 Å². The van der Waals surface area contributed by atoms with Gasteiger partial charge in [0.25, 0.3) is 5.56 Å². The fourth-order valence-corrected chi connectivity index (χ4v) is 2.74. The average Bonchev–Trinajstić information content (AvgIpc) is 2.43. The lowest BCUT2D eigenvalue weighted by atomic mass is 10.1. The highest BCUT2D eigenvalue weighted by molar-refractivity contribution is 5.94. The molecule has 0 bridgehead atoms. The van der Waals surface area contributed by atoms with Crippen LogP contribution >= 0.6 is 0 Å². The quantitative estimate of drug-likeness (QED) is 0.887. The van der Waals surface area contributed by atoms with Crippen LogP contribution in [0.25, 0.3) is 10.9 Å². The molecule has 1 fully saturated rings. The Morgan fingerprint density at radius 3 is 2.65 bits per heavy atom. The lowest BCUT2D eigenvalue weighted by molar-refractivity contribution is 0.205. The Morgan fingerprint density at radius 1 is 1.30 bits per heavy atom. The number of aryl methyl sites for hydroxylation is 1. The van der Waals surface area contributed by atoms with E-state index < -0.39 is 0 Å². The molecule has 5 heteroatoms. The Bertz CT molecular complexity index is 766. The molecular formula is C15H16N4O. The van der Waals surface area contributed by atoms with E-state index in [0.29, 0.717) is 11.7 Å². The number of pyridine rings is 1. The monoisotopic (exact) mass is 268 g/mol. The number of rotatable bonds is 2. The Morgan fingerprint density at radius 2 is 2.00 bits per heavy atom. The molecule has 102 valence electrons. The van der Waals surface area contributed by atoms with E-state index in [0.717, 1.165) is 24.0 Å². The number of hydrogen-bond acceptors (Lipinski definition) is 4. The molecule has 1 aromatic carbocycles. The van der Waals surface area contributed by atoms with E-state index in [-0.39, 0.29) is 11.1 Å². The van der Waals surface area contributed by atoms with Gasteiger partial charge in [0.1, 0.15) is 11.6 Å². The molecule has 2 heterocycles. The first-order valence-electron chi connectivity index (χ1n) is 6.58. The molecular weight excluding hydrogens is 252 g/mol. The van der Waals surface area contributed by atoms with Crippen molar-refractivity contribution in [2.45, 2.75) is 6.04 Å². The fourth-order valence-electron chi connectivity index (χ4n) is 2.74. The van der Waals surface area contributed by atoms with E-state index in [1.807, 2.05) is 31.3 Å². The molecule has 3 rings (SSSR count). The molecule has 2 aromatic rings. The Hall–Kier alpha value is -2.32. The Labute approximate surface area is 117 Å². The smallest absolute Gasteiger partial charge is 0.270 e. The number of likely N-dealkylation sites (N-methyl/N-ethyl adjacent to an activating group) is 1. The first-order valence-corrected chi connectivity index (χ1v) is 6.58. The summed E-state index contributed by atoms with van der Waals surface area (Å²) in [6, 6.07) is 10.0. The Kier molecular flexibility index (Phi) is 2.96. The number of para-hydroxylation sites is 1. The summed E-state index contributed by atoms with van der Waals surface area (Å²) in [4.78, 5) is 14.5. The van der Waals surface area contributed by atoms with Gasteiger partial charge in [0.15, 0.2) is 0 Å². The third-order valence-electron chi connectivity index (χ3n) is 3.83. The number of aromatic nitrogens is 1. The molecule has 1 N–H and O–H groups in total. The first-order chi connectivity index (χ1) is 9.61. The molecule has 0 radical (unpaired) electrons. The summed E-state index contributed by atoms with van der Waals surface area (Å²) in [6.45, 7) is 1.85. The van der Waals surface area contributed by atoms with Crippen LogP contribution in [0.5, 0.6) is 0 Å². The first kappa shape index (κ1) is 12.7. The maximum Gasteiger partial charge on any atom is 0.270 e. The summed E-state index contributed by atoms with van der Waals surface area (Å²) in [6.07, 6.45) is 0. The minimum atomic E-state index is -0.249. The van der Waals surface area contributed by atoms with Crippen molar-refractivity contribution in [3.63, 3.8) is 0 Å². The van der Waals surface area contributed by atoms with E-state index in [1.165, 1.54) is 4.57 Å². The number of nitrogens with one attached hydrogen (secondary N) is 1. The zero-order chi connectivity index (χ0) is 14.3. The molecule has 1 aromatic heterocycles. The van der Waals surface area contributed by atoms with Crippen LogP contribution in [0.2, 0.25) is 0 Å². The molecule has 1 aliphatic heterocycles. The van der Waals surface area contributed by atoms with Gasteiger partial charge in [0.05, 0.1) is 17.2 Å². The Balaban J connectivity index is 2.20. The largest absolute Gasteiger partial charge is 0.378 e. The number of nitriles is 1. The summed E-state index contributed by atoms with van der Waals surface area (Å²) in [5.41, 5.74) is 1.46. The van der Waals surface area contributed by atoms with Gasteiger partial charge in [-0.3, -0.25) is 4.79 Å². The molecule has 0 spiro atoms.